The Bertz CT molecular complexity index is 563. The second-order valence-corrected chi connectivity index (χ2v) is 8.10. The first kappa shape index (κ1) is 22.1. The maximum absolute atomic E-state index is 11.9. The number of carbonyl (C=O) groups is 3. The number of aliphatic hydroxyl groups excluding tert-OH is 5. The lowest BCUT2D eigenvalue weighted by atomic mass is 9.96. The highest BCUT2D eigenvalue weighted by Crippen LogP contribution is 2.33. The summed E-state index contributed by atoms with van der Waals surface area (Å²) in [6.07, 6.45) is -6.22. The quantitative estimate of drug-likeness (QED) is 0.109. The second-order valence-electron chi connectivity index (χ2n) is 6.83. The van der Waals surface area contributed by atoms with Crippen LogP contribution < -0.4 is 10.6 Å². The number of aliphatic hydroxyl groups is 5. The second kappa shape index (κ2) is 9.80. The lowest BCUT2D eigenvalue weighted by Crippen LogP contribution is -2.50. The molecule has 0 saturated carbocycles. The number of carbonyl (C=O) groups excluding carboxylic acids is 3. The minimum Gasteiger partial charge on any atom is -0.394 e. The van der Waals surface area contributed by atoms with Crippen molar-refractivity contribution in [1.82, 2.24) is 10.6 Å². The first-order valence-corrected chi connectivity index (χ1v) is 9.90. The zero-order chi connectivity index (χ0) is 20.1. The number of nitrogens with one attached hydrogen (secondary N) is 2. The number of amides is 2. The molecule has 7 atom stereocenters. The molecule has 2 fully saturated rings. The van der Waals surface area contributed by atoms with Crippen LogP contribution in [0.2, 0.25) is 0 Å². The van der Waals surface area contributed by atoms with E-state index in [-0.39, 0.29) is 29.8 Å². The number of urea groups is 1. The lowest BCUT2D eigenvalue weighted by molar-refractivity contribution is -0.154. The van der Waals surface area contributed by atoms with Gasteiger partial charge in [0.1, 0.15) is 24.4 Å². The molecule has 27 heavy (non-hydrogen) atoms. The number of thioether (sulfide) groups is 1. The fourth-order valence-electron chi connectivity index (χ4n) is 3.24. The van der Waals surface area contributed by atoms with Crippen molar-refractivity contribution in [3.63, 3.8) is 0 Å². The van der Waals surface area contributed by atoms with Crippen LogP contribution in [0.3, 0.4) is 0 Å². The van der Waals surface area contributed by atoms with E-state index < -0.39 is 42.6 Å². The highest BCUT2D eigenvalue weighted by molar-refractivity contribution is 8.00. The molecule has 0 unspecified atom stereocenters. The Kier molecular flexibility index (Phi) is 8.01. The average molecular weight is 406 g/mol. The van der Waals surface area contributed by atoms with Crippen molar-refractivity contribution in [2.45, 2.75) is 67.4 Å². The topological polar surface area (TPSA) is 176 Å². The van der Waals surface area contributed by atoms with Crippen LogP contribution in [0.1, 0.15) is 25.7 Å². The molecular formula is C16H26N2O8S. The number of hydrogen-bond donors (Lipinski definition) is 7. The van der Waals surface area contributed by atoms with E-state index in [9.17, 15) is 34.8 Å². The number of Topliss-reactive ketones (excluding diaryl/α,β-unsaturated/α-hetero) is 2. The van der Waals surface area contributed by atoms with Crippen LogP contribution in [0.5, 0.6) is 0 Å². The van der Waals surface area contributed by atoms with Gasteiger partial charge in [-0.25, -0.2) is 4.79 Å². The van der Waals surface area contributed by atoms with E-state index in [2.05, 4.69) is 10.6 Å². The van der Waals surface area contributed by atoms with Gasteiger partial charge in [-0.05, 0) is 12.8 Å². The Morgan fingerprint density at radius 1 is 1.11 bits per heavy atom. The third-order valence-electron chi connectivity index (χ3n) is 4.88. The van der Waals surface area contributed by atoms with E-state index in [1.807, 2.05) is 0 Å². The number of rotatable bonds is 11. The van der Waals surface area contributed by atoms with Crippen LogP contribution in [0.4, 0.5) is 4.79 Å². The summed E-state index contributed by atoms with van der Waals surface area (Å²) in [4.78, 5) is 35.1. The molecule has 0 aromatic heterocycles. The summed E-state index contributed by atoms with van der Waals surface area (Å²) in [6.45, 7) is -0.871. The Morgan fingerprint density at radius 2 is 1.81 bits per heavy atom. The highest BCUT2D eigenvalue weighted by Gasteiger charge is 2.42. The molecule has 0 aromatic carbocycles. The molecule has 7 N–H and O–H groups in total. The van der Waals surface area contributed by atoms with Gasteiger partial charge < -0.3 is 36.2 Å². The molecule has 2 aliphatic rings. The van der Waals surface area contributed by atoms with E-state index in [1.165, 1.54) is 0 Å². The Balaban J connectivity index is 1.70. The molecule has 154 valence electrons. The summed E-state index contributed by atoms with van der Waals surface area (Å²) in [7, 11) is 0. The van der Waals surface area contributed by atoms with Gasteiger partial charge in [-0.2, -0.15) is 11.8 Å². The van der Waals surface area contributed by atoms with Crippen LogP contribution >= 0.6 is 11.8 Å². The van der Waals surface area contributed by atoms with Crippen molar-refractivity contribution < 1.29 is 39.9 Å². The zero-order valence-electron chi connectivity index (χ0n) is 14.7. The largest absolute Gasteiger partial charge is 0.394 e. The third-order valence-corrected chi connectivity index (χ3v) is 6.39. The maximum atomic E-state index is 11.9. The molecule has 0 spiro atoms. The first-order chi connectivity index (χ1) is 12.8. The van der Waals surface area contributed by atoms with Gasteiger partial charge in [-0.1, -0.05) is 6.42 Å². The Hall–Kier alpha value is -1.24. The molecule has 2 rings (SSSR count). The van der Waals surface area contributed by atoms with Crippen molar-refractivity contribution in [1.29, 1.82) is 0 Å². The van der Waals surface area contributed by atoms with Gasteiger partial charge in [-0.15, -0.1) is 0 Å². The number of fused-ring (bicyclic) bond motifs is 1. The van der Waals surface area contributed by atoms with Crippen LogP contribution in [0.15, 0.2) is 0 Å². The van der Waals surface area contributed by atoms with Crippen LogP contribution in [-0.2, 0) is 9.59 Å². The van der Waals surface area contributed by atoms with Crippen molar-refractivity contribution in [2.24, 2.45) is 0 Å². The van der Waals surface area contributed by atoms with Crippen molar-refractivity contribution >= 4 is 29.4 Å². The van der Waals surface area contributed by atoms with Crippen LogP contribution in [0.25, 0.3) is 0 Å². The van der Waals surface area contributed by atoms with Gasteiger partial charge in [0.2, 0.25) is 11.6 Å². The summed E-state index contributed by atoms with van der Waals surface area (Å²) < 4.78 is 0. The zero-order valence-corrected chi connectivity index (χ0v) is 15.5. The van der Waals surface area contributed by atoms with Crippen LogP contribution in [0, 0.1) is 0 Å². The molecule has 2 aliphatic heterocycles. The van der Waals surface area contributed by atoms with Crippen molar-refractivity contribution in [2.75, 3.05) is 12.4 Å². The van der Waals surface area contributed by atoms with Crippen molar-refractivity contribution in [3.8, 4) is 0 Å². The minimum absolute atomic E-state index is 0.0660. The summed E-state index contributed by atoms with van der Waals surface area (Å²) in [5.41, 5.74) is 0. The molecule has 0 aliphatic carbocycles. The van der Waals surface area contributed by atoms with Crippen LogP contribution in [-0.4, -0.2) is 97.2 Å². The summed E-state index contributed by atoms with van der Waals surface area (Å²) >= 11 is 1.74. The molecule has 2 heterocycles. The first-order valence-electron chi connectivity index (χ1n) is 8.85. The molecule has 11 heteroatoms. The van der Waals surface area contributed by atoms with E-state index in [0.717, 1.165) is 12.2 Å². The molecule has 10 nitrogen and oxygen atoms in total. The van der Waals surface area contributed by atoms with E-state index >= 15 is 0 Å². The lowest BCUT2D eigenvalue weighted by Gasteiger charge is -2.24. The van der Waals surface area contributed by atoms with Gasteiger partial charge in [0, 0.05) is 17.4 Å². The van der Waals surface area contributed by atoms with Gasteiger partial charge in [0.05, 0.1) is 18.7 Å². The Labute approximate surface area is 160 Å². The fraction of sp³-hybridized carbons (Fsp3) is 0.812. The SMILES string of the molecule is O=C1N[C@H]2[C@H](CS[C@H]2CCCCC(=O)C(=O)[C@H](O)[C@@H](O)[C@@H](O)[C@H](O)CO)N1. The summed E-state index contributed by atoms with van der Waals surface area (Å²) in [5, 5.41) is 52.7. The molecule has 2 amide bonds. The molecular weight excluding hydrogens is 380 g/mol. The summed E-state index contributed by atoms with van der Waals surface area (Å²) in [6, 6.07) is 0.0152. The van der Waals surface area contributed by atoms with Gasteiger partial charge in [0.15, 0.2) is 0 Å². The molecule has 0 radical (unpaired) electrons. The Morgan fingerprint density at radius 3 is 2.48 bits per heavy atom. The number of ketones is 2. The van der Waals surface area contributed by atoms with E-state index in [4.69, 9.17) is 5.11 Å². The normalized spacial score (nSPS) is 28.6. The van der Waals surface area contributed by atoms with Gasteiger partial charge in [-0.3, -0.25) is 9.59 Å². The predicted octanol–water partition coefficient (Wildman–Crippen LogP) is -2.71. The van der Waals surface area contributed by atoms with E-state index in [0.29, 0.717) is 12.8 Å². The molecule has 0 aromatic rings. The number of unbranched alkanes of at least 4 members (excludes halogenated alkanes) is 1. The molecule has 2 saturated heterocycles. The average Bonchev–Trinajstić information content (AvgIpc) is 3.21. The van der Waals surface area contributed by atoms with Gasteiger partial charge >= 0.3 is 6.03 Å². The van der Waals surface area contributed by atoms with Gasteiger partial charge in [0.25, 0.3) is 0 Å². The standard InChI is InChI=1S/C16H26N2O8S/c19-5-9(21)13(23)15(25)14(24)12(22)8(20)3-1-2-4-10-11-7(6-27-10)17-16(26)18-11/h7,9-11,13-15,19,21,23-25H,1-6H2,(H2,17,18,26)/t7-,9+,10-,11-,13-,14-,15-/m0/s1. The third kappa shape index (κ3) is 5.39. The van der Waals surface area contributed by atoms with Crippen molar-refractivity contribution in [3.05, 3.63) is 0 Å². The predicted molar refractivity (Wildman–Crippen MR) is 95.1 cm³/mol. The molecule has 0 bridgehead atoms. The smallest absolute Gasteiger partial charge is 0.315 e. The minimum atomic E-state index is -2.17. The maximum Gasteiger partial charge on any atom is 0.315 e. The number of hydrogen-bond acceptors (Lipinski definition) is 9. The monoisotopic (exact) mass is 406 g/mol. The van der Waals surface area contributed by atoms with E-state index in [1.54, 1.807) is 11.8 Å². The summed E-state index contributed by atoms with van der Waals surface area (Å²) in [5.74, 6) is -1.29. The fourth-order valence-corrected chi connectivity index (χ4v) is 4.78. The highest BCUT2D eigenvalue weighted by atomic mass is 32.2.